The molecule has 30 heavy (non-hydrogen) atoms. The summed E-state index contributed by atoms with van der Waals surface area (Å²) in [5.74, 6) is -1.88. The van der Waals surface area contributed by atoms with Gasteiger partial charge in [0.1, 0.15) is 0 Å². The van der Waals surface area contributed by atoms with Crippen LogP contribution in [0.5, 0.6) is 0 Å². The van der Waals surface area contributed by atoms with Crippen LogP contribution < -0.4 is 0 Å². The van der Waals surface area contributed by atoms with Crippen molar-refractivity contribution in [2.75, 3.05) is 0 Å². The smallest absolute Gasteiger partial charge is 0.194 e. The second-order valence-electron chi connectivity index (χ2n) is 9.49. The van der Waals surface area contributed by atoms with Gasteiger partial charge in [0.05, 0.1) is 0 Å². The van der Waals surface area contributed by atoms with Gasteiger partial charge < -0.3 is 0 Å². The molecule has 0 atom stereocenters. The molecule has 2 aromatic rings. The van der Waals surface area contributed by atoms with E-state index in [0.717, 1.165) is 43.1 Å². The highest BCUT2D eigenvalue weighted by atomic mass is 28.3. The molecule has 4 rings (SSSR count). The van der Waals surface area contributed by atoms with Crippen LogP contribution in [-0.4, -0.2) is 8.80 Å². The van der Waals surface area contributed by atoms with Crippen molar-refractivity contribution in [3.63, 3.8) is 0 Å². The second-order valence-corrected chi connectivity index (χ2v) is 13.0. The zero-order valence-electron chi connectivity index (χ0n) is 18.0. The number of rotatable bonds is 5. The number of benzene rings is 2. The van der Waals surface area contributed by atoms with Gasteiger partial charge in [-0.05, 0) is 60.6 Å². The van der Waals surface area contributed by atoms with Crippen molar-refractivity contribution in [1.82, 2.24) is 0 Å². The summed E-state index contributed by atoms with van der Waals surface area (Å²) < 4.78 is 43.2. The van der Waals surface area contributed by atoms with Gasteiger partial charge in [-0.1, -0.05) is 74.7 Å². The fraction of sp³-hybridized carbons (Fsp3) is 0.538. The average Bonchev–Trinajstić information content (AvgIpc) is 2.79. The van der Waals surface area contributed by atoms with Crippen molar-refractivity contribution < 1.29 is 13.2 Å². The summed E-state index contributed by atoms with van der Waals surface area (Å²) in [4.78, 5) is 0. The lowest BCUT2D eigenvalue weighted by molar-refractivity contribution is 0.214. The highest BCUT2D eigenvalue weighted by Crippen LogP contribution is 2.46. The Morgan fingerprint density at radius 2 is 1.47 bits per heavy atom. The minimum Gasteiger partial charge on any atom is -0.204 e. The molecule has 162 valence electrons. The molecule has 2 fully saturated rings. The summed E-state index contributed by atoms with van der Waals surface area (Å²) in [7, 11) is -0.466. The zero-order valence-corrected chi connectivity index (χ0v) is 19.1. The fourth-order valence-corrected chi connectivity index (χ4v) is 9.58. The van der Waals surface area contributed by atoms with Gasteiger partial charge in [-0.25, -0.2) is 13.2 Å². The average molecular weight is 431 g/mol. The Bertz CT molecular complexity index is 835. The van der Waals surface area contributed by atoms with Crippen molar-refractivity contribution in [2.45, 2.75) is 75.9 Å². The molecule has 4 heteroatoms. The Hall–Kier alpha value is -1.55. The lowest BCUT2D eigenvalue weighted by atomic mass is 9.71. The monoisotopic (exact) mass is 430 g/mol. The van der Waals surface area contributed by atoms with Crippen LogP contribution in [-0.2, 0) is 0 Å². The van der Waals surface area contributed by atoms with Gasteiger partial charge in [0.2, 0.25) is 0 Å². The molecule has 0 radical (unpaired) electrons. The minimum absolute atomic E-state index is 0.0302. The molecule has 2 aromatic carbocycles. The Balaban J connectivity index is 1.49. The zero-order chi connectivity index (χ0) is 21.1. The van der Waals surface area contributed by atoms with E-state index in [2.05, 4.69) is 6.92 Å². The normalized spacial score (nSPS) is 27.2. The second kappa shape index (κ2) is 9.72. The SMILES string of the molecule is CCC[SiH]1CCC(C2CCC(c3c(-c4ccccc4)cc(F)c(F)c3F)CC2)CC1. The van der Waals surface area contributed by atoms with E-state index in [4.69, 9.17) is 0 Å². The summed E-state index contributed by atoms with van der Waals surface area (Å²) in [6.07, 6.45) is 8.04. The molecule has 1 saturated carbocycles. The number of hydrogen-bond acceptors (Lipinski definition) is 0. The predicted octanol–water partition coefficient (Wildman–Crippen LogP) is 8.09. The third-order valence-corrected chi connectivity index (χ3v) is 11.4. The van der Waals surface area contributed by atoms with Crippen LogP contribution in [0.4, 0.5) is 13.2 Å². The first kappa shape index (κ1) is 21.7. The molecule has 0 N–H and O–H groups in total. The van der Waals surface area contributed by atoms with Crippen LogP contribution in [0.15, 0.2) is 36.4 Å². The Kier molecular flexibility index (Phi) is 7.02. The molecule has 0 unspecified atom stereocenters. The molecule has 0 nitrogen and oxygen atoms in total. The molecule has 1 saturated heterocycles. The molecular weight excluding hydrogens is 397 g/mol. The van der Waals surface area contributed by atoms with Gasteiger partial charge >= 0.3 is 0 Å². The Morgan fingerprint density at radius 3 is 2.10 bits per heavy atom. The summed E-state index contributed by atoms with van der Waals surface area (Å²) in [6.45, 7) is 2.31. The van der Waals surface area contributed by atoms with Gasteiger partial charge in [-0.3, -0.25) is 0 Å². The largest absolute Gasteiger partial charge is 0.204 e. The highest BCUT2D eigenvalue weighted by Gasteiger charge is 2.34. The van der Waals surface area contributed by atoms with E-state index in [9.17, 15) is 13.2 Å². The van der Waals surface area contributed by atoms with Crippen molar-refractivity contribution >= 4 is 8.80 Å². The summed E-state index contributed by atoms with van der Waals surface area (Å²) in [6, 6.07) is 15.0. The Labute approximate surface area is 180 Å². The molecule has 0 aromatic heterocycles. The van der Waals surface area contributed by atoms with E-state index in [1.165, 1.54) is 43.5 Å². The molecule has 2 aliphatic rings. The van der Waals surface area contributed by atoms with Gasteiger partial charge in [0, 0.05) is 14.4 Å². The molecule has 1 aliphatic heterocycles. The van der Waals surface area contributed by atoms with Gasteiger partial charge in [-0.2, -0.15) is 0 Å². The van der Waals surface area contributed by atoms with Crippen molar-refractivity contribution in [3.8, 4) is 11.1 Å². The molecule has 1 heterocycles. The topological polar surface area (TPSA) is 0 Å². The van der Waals surface area contributed by atoms with Crippen LogP contribution in [0.25, 0.3) is 11.1 Å². The van der Waals surface area contributed by atoms with Crippen LogP contribution in [0.2, 0.25) is 18.1 Å². The number of halogens is 3. The van der Waals surface area contributed by atoms with E-state index >= 15 is 0 Å². The standard InChI is InChI=1S/C26H33F3Si/c1-2-14-30-15-12-19(13-16-30)18-8-10-21(11-9-18)24-22(20-6-4-3-5-7-20)17-23(27)25(28)26(24)29/h3-7,17-19,21,30H,2,8-16H2,1H3. The summed E-state index contributed by atoms with van der Waals surface area (Å²) in [5.41, 5.74) is 1.66. The van der Waals surface area contributed by atoms with Gasteiger partial charge in [-0.15, -0.1) is 0 Å². The van der Waals surface area contributed by atoms with Crippen molar-refractivity contribution in [2.24, 2.45) is 11.8 Å². The molecule has 0 spiro atoms. The first-order valence-corrected chi connectivity index (χ1v) is 14.3. The quantitative estimate of drug-likeness (QED) is 0.332. The van der Waals surface area contributed by atoms with E-state index in [1.807, 2.05) is 30.3 Å². The minimum atomic E-state index is -1.33. The summed E-state index contributed by atoms with van der Waals surface area (Å²) >= 11 is 0. The van der Waals surface area contributed by atoms with Crippen LogP contribution in [0.1, 0.15) is 63.4 Å². The van der Waals surface area contributed by atoms with E-state index < -0.39 is 26.2 Å². The predicted molar refractivity (Wildman–Crippen MR) is 121 cm³/mol. The lowest BCUT2D eigenvalue weighted by Gasteiger charge is -2.38. The maximum absolute atomic E-state index is 15.0. The Morgan fingerprint density at radius 1 is 0.833 bits per heavy atom. The molecule has 1 aliphatic carbocycles. The van der Waals surface area contributed by atoms with Crippen LogP contribution in [0, 0.1) is 29.3 Å². The third kappa shape index (κ3) is 4.54. The highest BCUT2D eigenvalue weighted by molar-refractivity contribution is 6.58. The third-order valence-electron chi connectivity index (χ3n) is 7.72. The maximum Gasteiger partial charge on any atom is 0.194 e. The first-order valence-electron chi connectivity index (χ1n) is 11.8. The lowest BCUT2D eigenvalue weighted by Crippen LogP contribution is -2.28. The van der Waals surface area contributed by atoms with Crippen molar-refractivity contribution in [3.05, 3.63) is 59.4 Å². The van der Waals surface area contributed by atoms with E-state index in [-0.39, 0.29) is 5.92 Å². The van der Waals surface area contributed by atoms with Crippen LogP contribution >= 0.6 is 0 Å². The number of hydrogen-bond donors (Lipinski definition) is 0. The van der Waals surface area contributed by atoms with Gasteiger partial charge in [0.15, 0.2) is 17.5 Å². The van der Waals surface area contributed by atoms with E-state index in [0.29, 0.717) is 11.1 Å². The fourth-order valence-electron chi connectivity index (χ4n) is 6.10. The van der Waals surface area contributed by atoms with Gasteiger partial charge in [0.25, 0.3) is 0 Å². The molecular formula is C26H33F3Si. The summed E-state index contributed by atoms with van der Waals surface area (Å²) in [5, 5.41) is 0. The van der Waals surface area contributed by atoms with E-state index in [1.54, 1.807) is 0 Å². The molecule has 0 amide bonds. The van der Waals surface area contributed by atoms with Crippen molar-refractivity contribution in [1.29, 1.82) is 0 Å². The maximum atomic E-state index is 15.0. The first-order chi connectivity index (χ1) is 14.6. The molecule has 0 bridgehead atoms. The van der Waals surface area contributed by atoms with Crippen LogP contribution in [0.3, 0.4) is 0 Å².